The van der Waals surface area contributed by atoms with E-state index in [0.717, 1.165) is 11.1 Å². The molecule has 0 fully saturated rings. The zero-order chi connectivity index (χ0) is 20.5. The first kappa shape index (κ1) is 19.9. The largest absolute Gasteiger partial charge is 0.490 e. The van der Waals surface area contributed by atoms with E-state index in [9.17, 15) is 9.59 Å². The molecule has 6 nitrogen and oxygen atoms in total. The van der Waals surface area contributed by atoms with E-state index in [1.165, 1.54) is 0 Å². The summed E-state index contributed by atoms with van der Waals surface area (Å²) in [5.41, 5.74) is 6.97. The maximum Gasteiger partial charge on any atom is 0.276 e. The van der Waals surface area contributed by atoms with Gasteiger partial charge in [-0.15, -0.1) is 0 Å². The highest BCUT2D eigenvalue weighted by molar-refractivity contribution is 6.01. The summed E-state index contributed by atoms with van der Waals surface area (Å²) in [6, 6.07) is 23.9. The molecule has 0 saturated carbocycles. The molecule has 6 heteroatoms. The highest BCUT2D eigenvalue weighted by Crippen LogP contribution is 2.26. The standard InChI is InChI=1S/C23H22N2O4/c1-2-28-20-14-8-9-15-21(20)29-16-22(26)24-25-23(27)19-13-7-6-12-18(19)17-10-4-3-5-11-17/h3-15H,2,16H2,1H3,(H,24,26)(H,25,27). The second kappa shape index (κ2) is 9.94. The molecule has 0 radical (unpaired) electrons. The molecule has 3 rings (SSSR count). The van der Waals surface area contributed by atoms with Crippen molar-refractivity contribution in [1.82, 2.24) is 10.9 Å². The van der Waals surface area contributed by atoms with Crippen LogP contribution in [0.25, 0.3) is 11.1 Å². The highest BCUT2D eigenvalue weighted by Gasteiger charge is 2.13. The third kappa shape index (κ3) is 5.35. The number of para-hydroxylation sites is 2. The highest BCUT2D eigenvalue weighted by atomic mass is 16.5. The van der Waals surface area contributed by atoms with E-state index >= 15 is 0 Å². The number of amides is 2. The molecule has 29 heavy (non-hydrogen) atoms. The Morgan fingerprint density at radius 1 is 0.759 bits per heavy atom. The van der Waals surface area contributed by atoms with Crippen molar-refractivity contribution in [1.29, 1.82) is 0 Å². The lowest BCUT2D eigenvalue weighted by molar-refractivity contribution is -0.123. The average Bonchev–Trinajstić information content (AvgIpc) is 2.77. The first-order valence-electron chi connectivity index (χ1n) is 9.27. The molecule has 0 spiro atoms. The van der Waals surface area contributed by atoms with Gasteiger partial charge in [-0.05, 0) is 36.2 Å². The van der Waals surface area contributed by atoms with Crippen molar-refractivity contribution in [2.45, 2.75) is 6.92 Å². The van der Waals surface area contributed by atoms with Gasteiger partial charge in [0, 0.05) is 5.56 Å². The second-order valence-corrected chi connectivity index (χ2v) is 6.08. The maximum absolute atomic E-state index is 12.6. The lowest BCUT2D eigenvalue weighted by Crippen LogP contribution is -2.44. The van der Waals surface area contributed by atoms with Crippen LogP contribution < -0.4 is 20.3 Å². The monoisotopic (exact) mass is 390 g/mol. The zero-order valence-corrected chi connectivity index (χ0v) is 16.1. The molecule has 0 atom stereocenters. The van der Waals surface area contributed by atoms with E-state index in [2.05, 4.69) is 10.9 Å². The zero-order valence-electron chi connectivity index (χ0n) is 16.1. The lowest BCUT2D eigenvalue weighted by atomic mass is 9.99. The Morgan fingerprint density at radius 2 is 1.38 bits per heavy atom. The lowest BCUT2D eigenvalue weighted by Gasteiger charge is -2.13. The van der Waals surface area contributed by atoms with Crippen molar-refractivity contribution in [2.75, 3.05) is 13.2 Å². The number of nitrogens with one attached hydrogen (secondary N) is 2. The van der Waals surface area contributed by atoms with Crippen LogP contribution in [0.1, 0.15) is 17.3 Å². The van der Waals surface area contributed by atoms with Crippen LogP contribution in [-0.4, -0.2) is 25.0 Å². The molecular weight excluding hydrogens is 368 g/mol. The Kier molecular flexibility index (Phi) is 6.84. The van der Waals surface area contributed by atoms with Gasteiger partial charge in [0.1, 0.15) is 0 Å². The van der Waals surface area contributed by atoms with Gasteiger partial charge in [-0.25, -0.2) is 0 Å². The fourth-order valence-electron chi connectivity index (χ4n) is 2.77. The van der Waals surface area contributed by atoms with Gasteiger partial charge in [0.15, 0.2) is 18.1 Å². The average molecular weight is 390 g/mol. The van der Waals surface area contributed by atoms with Gasteiger partial charge in [0.05, 0.1) is 6.61 Å². The van der Waals surface area contributed by atoms with Gasteiger partial charge >= 0.3 is 0 Å². The van der Waals surface area contributed by atoms with Crippen molar-refractivity contribution in [3.63, 3.8) is 0 Å². The molecule has 0 saturated heterocycles. The topological polar surface area (TPSA) is 76.7 Å². The summed E-state index contributed by atoms with van der Waals surface area (Å²) in [6.07, 6.45) is 0. The van der Waals surface area contributed by atoms with Crippen molar-refractivity contribution >= 4 is 11.8 Å². The Balaban J connectivity index is 1.58. The quantitative estimate of drug-likeness (QED) is 0.605. The predicted molar refractivity (Wildman–Crippen MR) is 111 cm³/mol. The number of benzene rings is 3. The number of carbonyl (C=O) groups excluding carboxylic acids is 2. The van der Waals surface area contributed by atoms with Crippen LogP contribution in [0.5, 0.6) is 11.5 Å². The van der Waals surface area contributed by atoms with Crippen molar-refractivity contribution in [3.05, 3.63) is 84.4 Å². The molecule has 0 aliphatic rings. The van der Waals surface area contributed by atoms with Gasteiger partial charge in [-0.3, -0.25) is 20.4 Å². The van der Waals surface area contributed by atoms with E-state index in [0.29, 0.717) is 23.7 Å². The number of hydrogen-bond acceptors (Lipinski definition) is 4. The third-order valence-corrected chi connectivity index (χ3v) is 4.08. The molecule has 0 bridgehead atoms. The van der Waals surface area contributed by atoms with Crippen LogP contribution in [0.15, 0.2) is 78.9 Å². The summed E-state index contributed by atoms with van der Waals surface area (Å²) in [7, 11) is 0. The number of rotatable bonds is 7. The summed E-state index contributed by atoms with van der Waals surface area (Å²) < 4.78 is 10.9. The molecule has 0 aliphatic carbocycles. The Morgan fingerprint density at radius 3 is 2.10 bits per heavy atom. The molecule has 0 unspecified atom stereocenters. The molecular formula is C23H22N2O4. The van der Waals surface area contributed by atoms with Crippen molar-refractivity contribution in [3.8, 4) is 22.6 Å². The smallest absolute Gasteiger partial charge is 0.276 e. The fourth-order valence-corrected chi connectivity index (χ4v) is 2.77. The molecule has 148 valence electrons. The summed E-state index contributed by atoms with van der Waals surface area (Å²) >= 11 is 0. The Labute approximate surface area is 169 Å². The molecule has 2 N–H and O–H groups in total. The van der Waals surface area contributed by atoms with Crippen molar-refractivity contribution in [2.24, 2.45) is 0 Å². The minimum absolute atomic E-state index is 0.259. The number of hydrazine groups is 1. The van der Waals surface area contributed by atoms with E-state index < -0.39 is 11.8 Å². The Hall–Kier alpha value is -3.80. The third-order valence-electron chi connectivity index (χ3n) is 4.08. The van der Waals surface area contributed by atoms with E-state index in [1.807, 2.05) is 55.5 Å². The van der Waals surface area contributed by atoms with Crippen LogP contribution in [0.3, 0.4) is 0 Å². The molecule has 0 heterocycles. The summed E-state index contributed by atoms with van der Waals surface area (Å²) in [6.45, 7) is 2.10. The predicted octanol–water partition coefficient (Wildman–Crippen LogP) is 3.59. The summed E-state index contributed by atoms with van der Waals surface area (Å²) in [4.78, 5) is 24.7. The van der Waals surface area contributed by atoms with Gasteiger partial charge in [-0.1, -0.05) is 60.7 Å². The van der Waals surface area contributed by atoms with Crippen LogP contribution >= 0.6 is 0 Å². The molecule has 3 aromatic carbocycles. The molecule has 2 amide bonds. The number of ether oxygens (including phenoxy) is 2. The maximum atomic E-state index is 12.6. The second-order valence-electron chi connectivity index (χ2n) is 6.08. The van der Waals surface area contributed by atoms with Gasteiger partial charge in [0.2, 0.25) is 0 Å². The normalized spacial score (nSPS) is 10.1. The molecule has 0 aliphatic heterocycles. The van der Waals surface area contributed by atoms with Crippen LogP contribution in [0, 0.1) is 0 Å². The number of carbonyl (C=O) groups is 2. The molecule has 0 aromatic heterocycles. The molecule has 3 aromatic rings. The van der Waals surface area contributed by atoms with E-state index in [1.54, 1.807) is 30.3 Å². The first-order chi connectivity index (χ1) is 14.2. The first-order valence-corrected chi connectivity index (χ1v) is 9.27. The van der Waals surface area contributed by atoms with Crippen LogP contribution in [0.2, 0.25) is 0 Å². The van der Waals surface area contributed by atoms with Gasteiger partial charge in [-0.2, -0.15) is 0 Å². The van der Waals surface area contributed by atoms with Crippen LogP contribution in [0.4, 0.5) is 0 Å². The summed E-state index contributed by atoms with van der Waals surface area (Å²) in [5.74, 6) is 0.128. The van der Waals surface area contributed by atoms with Crippen molar-refractivity contribution < 1.29 is 19.1 Å². The van der Waals surface area contributed by atoms with Gasteiger partial charge in [0.25, 0.3) is 11.8 Å². The Bertz CT molecular complexity index is 973. The SMILES string of the molecule is CCOc1ccccc1OCC(=O)NNC(=O)c1ccccc1-c1ccccc1. The van der Waals surface area contributed by atoms with E-state index in [4.69, 9.17) is 9.47 Å². The minimum Gasteiger partial charge on any atom is -0.490 e. The van der Waals surface area contributed by atoms with Crippen LogP contribution in [-0.2, 0) is 4.79 Å². The summed E-state index contributed by atoms with van der Waals surface area (Å²) in [5, 5.41) is 0. The van der Waals surface area contributed by atoms with E-state index in [-0.39, 0.29) is 6.61 Å². The van der Waals surface area contributed by atoms with Gasteiger partial charge < -0.3 is 9.47 Å². The fraction of sp³-hybridized carbons (Fsp3) is 0.130. The minimum atomic E-state index is -0.484. The number of hydrogen-bond donors (Lipinski definition) is 2.